The summed E-state index contributed by atoms with van der Waals surface area (Å²) < 4.78 is 5.38. The number of ether oxygens (including phenoxy) is 1. The van der Waals surface area contributed by atoms with E-state index in [2.05, 4.69) is 24.1 Å². The molecule has 1 unspecified atom stereocenters. The van der Waals surface area contributed by atoms with Crippen LogP contribution in [0.2, 0.25) is 0 Å². The van der Waals surface area contributed by atoms with Crippen LogP contribution < -0.4 is 5.32 Å². The number of nitrogens with one attached hydrogen (secondary N) is 1. The Kier molecular flexibility index (Phi) is 5.95. The average molecular weight is 242 g/mol. The summed E-state index contributed by atoms with van der Waals surface area (Å²) >= 11 is 1.81. The van der Waals surface area contributed by atoms with Crippen molar-refractivity contribution in [2.75, 3.05) is 20.3 Å². The summed E-state index contributed by atoms with van der Waals surface area (Å²) in [6, 6.07) is 0.469. The van der Waals surface area contributed by atoms with Crippen molar-refractivity contribution in [1.29, 1.82) is 0 Å². The fourth-order valence-corrected chi connectivity index (χ4v) is 2.57. The van der Waals surface area contributed by atoms with E-state index in [9.17, 15) is 0 Å². The van der Waals surface area contributed by atoms with E-state index < -0.39 is 0 Å². The molecule has 0 aliphatic carbocycles. The first-order valence-corrected chi connectivity index (χ1v) is 6.67. The maximum atomic E-state index is 5.38. The van der Waals surface area contributed by atoms with Gasteiger partial charge in [0.1, 0.15) is 0 Å². The zero-order valence-corrected chi connectivity index (χ0v) is 11.5. The molecule has 4 heteroatoms. The Morgan fingerprint density at radius 3 is 2.69 bits per heavy atom. The highest BCUT2D eigenvalue weighted by Crippen LogP contribution is 2.18. The monoisotopic (exact) mass is 242 g/mol. The van der Waals surface area contributed by atoms with Gasteiger partial charge in [0.2, 0.25) is 0 Å². The fraction of sp³-hybridized carbons (Fsp3) is 0.750. The lowest BCUT2D eigenvalue weighted by Gasteiger charge is -2.14. The van der Waals surface area contributed by atoms with Crippen LogP contribution in [0.25, 0.3) is 0 Å². The molecule has 1 atom stereocenters. The van der Waals surface area contributed by atoms with Gasteiger partial charge in [-0.3, -0.25) is 0 Å². The van der Waals surface area contributed by atoms with Gasteiger partial charge in [-0.15, -0.1) is 11.3 Å². The minimum atomic E-state index is 0.469. The molecule has 0 radical (unpaired) electrons. The van der Waals surface area contributed by atoms with Gasteiger partial charge in [-0.25, -0.2) is 4.98 Å². The molecule has 0 aliphatic rings. The van der Waals surface area contributed by atoms with Gasteiger partial charge in [0.05, 0.1) is 10.7 Å². The summed E-state index contributed by atoms with van der Waals surface area (Å²) in [5.74, 6) is 0. The van der Waals surface area contributed by atoms with Crippen LogP contribution in [0, 0.1) is 13.8 Å². The van der Waals surface area contributed by atoms with Crippen molar-refractivity contribution < 1.29 is 4.74 Å². The Morgan fingerprint density at radius 1 is 1.44 bits per heavy atom. The molecule has 1 N–H and O–H groups in total. The SMILES string of the molecule is CCOCCC(Cc1nc(C)c(C)s1)NC. The topological polar surface area (TPSA) is 34.1 Å². The van der Waals surface area contributed by atoms with E-state index in [0.29, 0.717) is 6.04 Å². The molecular weight excluding hydrogens is 220 g/mol. The van der Waals surface area contributed by atoms with Gasteiger partial charge in [0.25, 0.3) is 0 Å². The molecule has 0 saturated heterocycles. The maximum absolute atomic E-state index is 5.38. The van der Waals surface area contributed by atoms with Crippen molar-refractivity contribution in [3.63, 3.8) is 0 Å². The molecule has 3 nitrogen and oxygen atoms in total. The van der Waals surface area contributed by atoms with E-state index >= 15 is 0 Å². The van der Waals surface area contributed by atoms with Crippen LogP contribution in [-0.2, 0) is 11.2 Å². The van der Waals surface area contributed by atoms with Gasteiger partial charge in [-0.1, -0.05) is 0 Å². The predicted molar refractivity (Wildman–Crippen MR) is 69.2 cm³/mol. The summed E-state index contributed by atoms with van der Waals surface area (Å²) in [4.78, 5) is 5.89. The predicted octanol–water partition coefficient (Wildman–Crippen LogP) is 2.32. The molecule has 1 aromatic rings. The van der Waals surface area contributed by atoms with E-state index in [-0.39, 0.29) is 0 Å². The standard InChI is InChI=1S/C12H22N2OS/c1-5-15-7-6-11(13-4)8-12-14-9(2)10(3)16-12/h11,13H,5-8H2,1-4H3. The first kappa shape index (κ1) is 13.6. The summed E-state index contributed by atoms with van der Waals surface area (Å²) in [6.07, 6.45) is 2.05. The third kappa shape index (κ3) is 4.20. The number of aromatic nitrogens is 1. The second-order valence-corrected chi connectivity index (χ2v) is 5.21. The number of nitrogens with zero attached hydrogens (tertiary/aromatic N) is 1. The molecule has 1 rings (SSSR count). The summed E-state index contributed by atoms with van der Waals surface area (Å²) in [5.41, 5.74) is 1.17. The molecule has 0 spiro atoms. The highest BCUT2D eigenvalue weighted by atomic mass is 32.1. The molecule has 16 heavy (non-hydrogen) atoms. The zero-order chi connectivity index (χ0) is 12.0. The molecule has 92 valence electrons. The normalized spacial score (nSPS) is 13.0. The largest absolute Gasteiger partial charge is 0.382 e. The molecule has 1 heterocycles. The molecule has 0 saturated carbocycles. The van der Waals surface area contributed by atoms with Gasteiger partial charge in [0, 0.05) is 30.6 Å². The summed E-state index contributed by atoms with van der Waals surface area (Å²) in [5, 5.41) is 4.55. The molecule has 0 aromatic carbocycles. The van der Waals surface area contributed by atoms with Gasteiger partial charge in [-0.05, 0) is 34.2 Å². The van der Waals surface area contributed by atoms with Crippen molar-refractivity contribution >= 4 is 11.3 Å². The van der Waals surface area contributed by atoms with Crippen LogP contribution in [0.1, 0.15) is 28.9 Å². The lowest BCUT2D eigenvalue weighted by atomic mass is 10.1. The van der Waals surface area contributed by atoms with Crippen molar-refractivity contribution in [2.45, 2.75) is 39.7 Å². The minimum absolute atomic E-state index is 0.469. The molecular formula is C12H22N2OS. The molecule has 0 bridgehead atoms. The van der Waals surface area contributed by atoms with Crippen LogP contribution in [0.5, 0.6) is 0 Å². The number of likely N-dealkylation sites (N-methyl/N-ethyl adjacent to an activating group) is 1. The molecule has 0 fully saturated rings. The second-order valence-electron chi connectivity index (χ2n) is 3.92. The zero-order valence-electron chi connectivity index (χ0n) is 10.7. The Hall–Kier alpha value is -0.450. The smallest absolute Gasteiger partial charge is 0.0946 e. The van der Waals surface area contributed by atoms with Crippen LogP contribution in [0.15, 0.2) is 0 Å². The Morgan fingerprint density at radius 2 is 2.19 bits per heavy atom. The third-order valence-electron chi connectivity index (χ3n) is 2.72. The van der Waals surface area contributed by atoms with Crippen molar-refractivity contribution in [3.8, 4) is 0 Å². The number of thiazole rings is 1. The lowest BCUT2D eigenvalue weighted by Crippen LogP contribution is -2.29. The van der Waals surface area contributed by atoms with Gasteiger partial charge in [0.15, 0.2) is 0 Å². The highest BCUT2D eigenvalue weighted by molar-refractivity contribution is 7.11. The van der Waals surface area contributed by atoms with Crippen LogP contribution in [-0.4, -0.2) is 31.3 Å². The lowest BCUT2D eigenvalue weighted by molar-refractivity contribution is 0.137. The third-order valence-corrected chi connectivity index (χ3v) is 3.81. The molecule has 1 aromatic heterocycles. The van der Waals surface area contributed by atoms with E-state index in [4.69, 9.17) is 4.74 Å². The summed E-state index contributed by atoms with van der Waals surface area (Å²) in [6.45, 7) is 7.86. The van der Waals surface area contributed by atoms with E-state index in [1.807, 2.05) is 14.0 Å². The van der Waals surface area contributed by atoms with E-state index in [1.54, 1.807) is 11.3 Å². The number of rotatable bonds is 7. The number of aryl methyl sites for hydroxylation is 2. The quantitative estimate of drug-likeness (QED) is 0.745. The molecule has 0 aliphatic heterocycles. The number of hydrogen-bond acceptors (Lipinski definition) is 4. The Labute approximate surface area is 102 Å². The first-order valence-electron chi connectivity index (χ1n) is 5.85. The maximum Gasteiger partial charge on any atom is 0.0946 e. The highest BCUT2D eigenvalue weighted by Gasteiger charge is 2.11. The summed E-state index contributed by atoms with van der Waals surface area (Å²) in [7, 11) is 2.00. The van der Waals surface area contributed by atoms with Crippen molar-refractivity contribution in [1.82, 2.24) is 10.3 Å². The van der Waals surface area contributed by atoms with E-state index in [0.717, 1.165) is 26.1 Å². The average Bonchev–Trinajstić information content (AvgIpc) is 2.57. The fourth-order valence-electron chi connectivity index (χ4n) is 1.56. The van der Waals surface area contributed by atoms with Crippen LogP contribution in [0.4, 0.5) is 0 Å². The Bertz CT molecular complexity index is 292. The second kappa shape index (κ2) is 6.99. The van der Waals surface area contributed by atoms with Gasteiger partial charge in [-0.2, -0.15) is 0 Å². The Balaban J connectivity index is 2.43. The first-order chi connectivity index (χ1) is 7.67. The number of hydrogen-bond donors (Lipinski definition) is 1. The van der Waals surface area contributed by atoms with E-state index in [1.165, 1.54) is 15.6 Å². The van der Waals surface area contributed by atoms with Crippen LogP contribution in [0.3, 0.4) is 0 Å². The van der Waals surface area contributed by atoms with Gasteiger partial charge < -0.3 is 10.1 Å². The molecule has 0 amide bonds. The van der Waals surface area contributed by atoms with Gasteiger partial charge >= 0.3 is 0 Å². The minimum Gasteiger partial charge on any atom is -0.382 e. The van der Waals surface area contributed by atoms with Crippen molar-refractivity contribution in [3.05, 3.63) is 15.6 Å². The van der Waals surface area contributed by atoms with Crippen LogP contribution >= 0.6 is 11.3 Å². The van der Waals surface area contributed by atoms with Crippen molar-refractivity contribution in [2.24, 2.45) is 0 Å².